The summed E-state index contributed by atoms with van der Waals surface area (Å²) < 4.78 is 5.52. The van der Waals surface area contributed by atoms with E-state index in [0.29, 0.717) is 27.6 Å². The molecular weight excluding hydrogens is 280 g/mol. The molecule has 0 N–H and O–H groups in total. The molecule has 0 aliphatic rings. The second-order valence-corrected chi connectivity index (χ2v) is 4.43. The normalized spacial score (nSPS) is 10.3. The van der Waals surface area contributed by atoms with Gasteiger partial charge in [-0.05, 0) is 29.8 Å². The highest BCUT2D eigenvalue weighted by Gasteiger charge is 2.06. The summed E-state index contributed by atoms with van der Waals surface area (Å²) in [7, 11) is 0. The number of benzene rings is 1. The average molecular weight is 289 g/mol. The highest BCUT2D eigenvalue weighted by molar-refractivity contribution is 6.32. The smallest absolute Gasteiger partial charge is 0.238 e. The lowest BCUT2D eigenvalue weighted by atomic mass is 10.3. The Morgan fingerprint density at radius 1 is 1.18 bits per heavy atom. The summed E-state index contributed by atoms with van der Waals surface area (Å²) in [6.45, 7) is 0. The number of rotatable bonds is 3. The van der Waals surface area contributed by atoms with E-state index in [-0.39, 0.29) is 0 Å². The first-order chi connectivity index (χ1) is 8.19. The highest BCUT2D eigenvalue weighted by atomic mass is 35.5. The van der Waals surface area contributed by atoms with Crippen LogP contribution >= 0.6 is 34.8 Å². The number of aromatic nitrogens is 1. The molecule has 0 bridgehead atoms. The minimum Gasteiger partial charge on any atom is -0.437 e. The molecule has 1 aromatic heterocycles. The van der Waals surface area contributed by atoms with Gasteiger partial charge in [0.15, 0.2) is 0 Å². The van der Waals surface area contributed by atoms with Crippen LogP contribution in [0.5, 0.6) is 11.6 Å². The Kier molecular flexibility index (Phi) is 4.11. The standard InChI is InChI=1S/C12H8Cl3NO/c13-6-8-4-11(15)12(16-7-8)17-10-3-1-2-9(14)5-10/h1-5,7H,6H2. The molecule has 0 aliphatic carbocycles. The van der Waals surface area contributed by atoms with Crippen molar-refractivity contribution in [3.8, 4) is 11.6 Å². The Balaban J connectivity index is 2.24. The third-order valence-electron chi connectivity index (χ3n) is 2.03. The molecule has 88 valence electrons. The second kappa shape index (κ2) is 5.58. The van der Waals surface area contributed by atoms with Crippen LogP contribution in [0.2, 0.25) is 10.0 Å². The summed E-state index contributed by atoms with van der Waals surface area (Å²) >= 11 is 17.5. The molecule has 0 fully saturated rings. The van der Waals surface area contributed by atoms with Crippen LogP contribution in [0.1, 0.15) is 5.56 Å². The van der Waals surface area contributed by atoms with Gasteiger partial charge in [0, 0.05) is 17.1 Å². The van der Waals surface area contributed by atoms with Crippen molar-refractivity contribution >= 4 is 34.8 Å². The fourth-order valence-electron chi connectivity index (χ4n) is 1.26. The van der Waals surface area contributed by atoms with Crippen LogP contribution in [0.4, 0.5) is 0 Å². The van der Waals surface area contributed by atoms with Gasteiger partial charge >= 0.3 is 0 Å². The third kappa shape index (κ3) is 3.25. The van der Waals surface area contributed by atoms with E-state index in [2.05, 4.69) is 4.98 Å². The molecule has 0 spiro atoms. The first-order valence-corrected chi connectivity index (χ1v) is 6.12. The van der Waals surface area contributed by atoms with Gasteiger partial charge in [-0.1, -0.05) is 29.3 Å². The Bertz CT molecular complexity index is 531. The van der Waals surface area contributed by atoms with Crippen LogP contribution in [-0.2, 0) is 5.88 Å². The number of alkyl halides is 1. The predicted octanol–water partition coefficient (Wildman–Crippen LogP) is 4.92. The molecule has 0 unspecified atom stereocenters. The Labute approximate surface area is 114 Å². The minimum atomic E-state index is 0.336. The number of nitrogens with zero attached hydrogens (tertiary/aromatic N) is 1. The van der Waals surface area contributed by atoms with Crippen LogP contribution in [0.3, 0.4) is 0 Å². The summed E-state index contributed by atoms with van der Waals surface area (Å²) in [5.41, 5.74) is 0.843. The molecule has 1 heterocycles. The van der Waals surface area contributed by atoms with Crippen LogP contribution in [0.15, 0.2) is 36.5 Å². The molecule has 0 atom stereocenters. The quantitative estimate of drug-likeness (QED) is 0.748. The van der Waals surface area contributed by atoms with E-state index in [4.69, 9.17) is 39.5 Å². The van der Waals surface area contributed by atoms with Gasteiger partial charge in [0.2, 0.25) is 5.88 Å². The summed E-state index contributed by atoms with van der Waals surface area (Å²) in [5, 5.41) is 1.01. The summed E-state index contributed by atoms with van der Waals surface area (Å²) in [5.74, 6) is 1.29. The van der Waals surface area contributed by atoms with Gasteiger partial charge < -0.3 is 4.74 Å². The van der Waals surface area contributed by atoms with Crippen LogP contribution < -0.4 is 4.74 Å². The number of pyridine rings is 1. The van der Waals surface area contributed by atoms with Gasteiger partial charge in [-0.15, -0.1) is 11.6 Å². The Hall–Kier alpha value is -0.960. The zero-order valence-electron chi connectivity index (χ0n) is 8.66. The lowest BCUT2D eigenvalue weighted by Crippen LogP contribution is -1.90. The lowest BCUT2D eigenvalue weighted by molar-refractivity contribution is 0.463. The van der Waals surface area contributed by atoms with Gasteiger partial charge in [-0.2, -0.15) is 0 Å². The predicted molar refractivity (Wildman–Crippen MR) is 70.3 cm³/mol. The lowest BCUT2D eigenvalue weighted by Gasteiger charge is -2.07. The molecule has 0 saturated heterocycles. The van der Waals surface area contributed by atoms with Crippen molar-refractivity contribution in [2.45, 2.75) is 5.88 Å². The SMILES string of the molecule is ClCc1cnc(Oc2cccc(Cl)c2)c(Cl)c1. The third-order valence-corrected chi connectivity index (χ3v) is 2.84. The molecule has 5 heteroatoms. The summed E-state index contributed by atoms with van der Waals surface area (Å²) in [4.78, 5) is 4.09. The van der Waals surface area contributed by atoms with Crippen molar-refractivity contribution in [1.82, 2.24) is 4.98 Å². The number of hydrogen-bond acceptors (Lipinski definition) is 2. The van der Waals surface area contributed by atoms with Gasteiger partial charge in [0.25, 0.3) is 0 Å². The zero-order valence-corrected chi connectivity index (χ0v) is 10.9. The van der Waals surface area contributed by atoms with E-state index < -0.39 is 0 Å². The summed E-state index contributed by atoms with van der Waals surface area (Å²) in [6, 6.07) is 8.74. The van der Waals surface area contributed by atoms with E-state index in [1.54, 1.807) is 36.5 Å². The van der Waals surface area contributed by atoms with E-state index >= 15 is 0 Å². The fourth-order valence-corrected chi connectivity index (χ4v) is 1.81. The highest BCUT2D eigenvalue weighted by Crippen LogP contribution is 2.29. The van der Waals surface area contributed by atoms with E-state index in [0.717, 1.165) is 5.56 Å². The molecular formula is C12H8Cl3NO. The molecule has 0 radical (unpaired) electrons. The average Bonchev–Trinajstić information content (AvgIpc) is 2.32. The molecule has 0 aliphatic heterocycles. The maximum atomic E-state index is 6.02. The first kappa shape index (κ1) is 12.5. The molecule has 0 amide bonds. The second-order valence-electron chi connectivity index (χ2n) is 3.32. The van der Waals surface area contributed by atoms with Crippen LogP contribution in [0, 0.1) is 0 Å². The van der Waals surface area contributed by atoms with Crippen molar-refractivity contribution in [2.24, 2.45) is 0 Å². The van der Waals surface area contributed by atoms with Crippen molar-refractivity contribution < 1.29 is 4.74 Å². The topological polar surface area (TPSA) is 22.1 Å². The van der Waals surface area contributed by atoms with E-state index in [9.17, 15) is 0 Å². The minimum absolute atomic E-state index is 0.336. The Morgan fingerprint density at radius 3 is 2.65 bits per heavy atom. The van der Waals surface area contributed by atoms with Crippen molar-refractivity contribution in [2.75, 3.05) is 0 Å². The van der Waals surface area contributed by atoms with Gasteiger partial charge in [0.1, 0.15) is 10.8 Å². The van der Waals surface area contributed by atoms with Crippen molar-refractivity contribution in [3.05, 3.63) is 52.1 Å². The summed E-state index contributed by atoms with van der Waals surface area (Å²) in [6.07, 6.45) is 1.62. The van der Waals surface area contributed by atoms with E-state index in [1.807, 2.05) is 0 Å². The van der Waals surface area contributed by atoms with Crippen molar-refractivity contribution in [3.63, 3.8) is 0 Å². The van der Waals surface area contributed by atoms with Crippen LogP contribution in [-0.4, -0.2) is 4.98 Å². The monoisotopic (exact) mass is 287 g/mol. The first-order valence-electron chi connectivity index (χ1n) is 4.83. The van der Waals surface area contributed by atoms with Gasteiger partial charge in [-0.3, -0.25) is 0 Å². The molecule has 0 saturated carbocycles. The zero-order chi connectivity index (χ0) is 12.3. The van der Waals surface area contributed by atoms with Gasteiger partial charge in [-0.25, -0.2) is 4.98 Å². The molecule has 2 rings (SSSR count). The number of halogens is 3. The fraction of sp³-hybridized carbons (Fsp3) is 0.0833. The van der Waals surface area contributed by atoms with E-state index in [1.165, 1.54) is 0 Å². The molecule has 1 aromatic carbocycles. The maximum Gasteiger partial charge on any atom is 0.238 e. The maximum absolute atomic E-state index is 6.02. The molecule has 2 nitrogen and oxygen atoms in total. The van der Waals surface area contributed by atoms with Crippen molar-refractivity contribution in [1.29, 1.82) is 0 Å². The Morgan fingerprint density at radius 2 is 2.00 bits per heavy atom. The van der Waals surface area contributed by atoms with Gasteiger partial charge in [0.05, 0.1) is 0 Å². The van der Waals surface area contributed by atoms with Crippen LogP contribution in [0.25, 0.3) is 0 Å². The molecule has 17 heavy (non-hydrogen) atoms. The number of hydrogen-bond donors (Lipinski definition) is 0. The number of ether oxygens (including phenoxy) is 1. The molecule has 2 aromatic rings. The largest absolute Gasteiger partial charge is 0.437 e.